The highest BCUT2D eigenvalue weighted by atomic mass is 32.1. The molecule has 6 nitrogen and oxygen atoms in total. The fourth-order valence-corrected chi connectivity index (χ4v) is 3.55. The molecule has 0 spiro atoms. The Morgan fingerprint density at radius 3 is 2.73 bits per heavy atom. The first-order chi connectivity index (χ1) is 12.4. The number of carbonyl (C=O) groups is 2. The second-order valence-corrected chi connectivity index (χ2v) is 7.72. The Morgan fingerprint density at radius 2 is 2.08 bits per heavy atom. The van der Waals surface area contributed by atoms with E-state index in [1.807, 2.05) is 13.8 Å². The van der Waals surface area contributed by atoms with Gasteiger partial charge in [-0.1, -0.05) is 37.3 Å². The van der Waals surface area contributed by atoms with Crippen molar-refractivity contribution in [1.82, 2.24) is 15.1 Å². The van der Waals surface area contributed by atoms with Gasteiger partial charge in [-0.05, 0) is 24.1 Å². The van der Waals surface area contributed by atoms with Gasteiger partial charge in [0.2, 0.25) is 16.9 Å². The minimum atomic E-state index is -0.387. The molecule has 1 aliphatic heterocycles. The summed E-state index contributed by atoms with van der Waals surface area (Å²) in [5.74, 6) is -0.642. The Kier molecular flexibility index (Phi) is 5.61. The van der Waals surface area contributed by atoms with Crippen molar-refractivity contribution in [3.8, 4) is 0 Å². The quantitative estimate of drug-likeness (QED) is 0.841. The minimum Gasteiger partial charge on any atom is -0.342 e. The number of anilines is 1. The van der Waals surface area contributed by atoms with Gasteiger partial charge in [-0.25, -0.2) is 4.39 Å². The molecule has 1 N–H and O–H groups in total. The number of benzene rings is 1. The van der Waals surface area contributed by atoms with Crippen LogP contribution >= 0.6 is 11.3 Å². The van der Waals surface area contributed by atoms with E-state index in [0.29, 0.717) is 24.6 Å². The highest BCUT2D eigenvalue weighted by Crippen LogP contribution is 2.25. The maximum Gasteiger partial charge on any atom is 0.231 e. The maximum atomic E-state index is 12.9. The maximum absolute atomic E-state index is 12.9. The molecule has 0 aliphatic carbocycles. The van der Waals surface area contributed by atoms with E-state index in [2.05, 4.69) is 15.5 Å². The second kappa shape index (κ2) is 7.90. The van der Waals surface area contributed by atoms with Crippen LogP contribution in [0.3, 0.4) is 0 Å². The number of likely N-dealkylation sites (tertiary alicyclic amines) is 1. The van der Waals surface area contributed by atoms with Gasteiger partial charge in [0.15, 0.2) is 0 Å². The fraction of sp³-hybridized carbons (Fsp3) is 0.444. The number of hydrogen-bond donors (Lipinski definition) is 1. The summed E-state index contributed by atoms with van der Waals surface area (Å²) in [5, 5.41) is 12.1. The first kappa shape index (κ1) is 18.4. The lowest BCUT2D eigenvalue weighted by atomic mass is 10.1. The summed E-state index contributed by atoms with van der Waals surface area (Å²) in [6.07, 6.45) is 0.833. The number of halogens is 1. The average molecular weight is 376 g/mol. The molecule has 1 aliphatic rings. The number of nitrogens with zero attached hydrogens (tertiary/aromatic N) is 3. The van der Waals surface area contributed by atoms with E-state index < -0.39 is 0 Å². The summed E-state index contributed by atoms with van der Waals surface area (Å²) < 4.78 is 12.9. The lowest BCUT2D eigenvalue weighted by Gasteiger charge is -2.16. The monoisotopic (exact) mass is 376 g/mol. The smallest absolute Gasteiger partial charge is 0.231 e. The number of amides is 2. The largest absolute Gasteiger partial charge is 0.342 e. The topological polar surface area (TPSA) is 75.2 Å². The van der Waals surface area contributed by atoms with Gasteiger partial charge in [0.1, 0.15) is 10.8 Å². The van der Waals surface area contributed by atoms with E-state index in [9.17, 15) is 14.0 Å². The molecular formula is C18H21FN4O2S. The van der Waals surface area contributed by atoms with E-state index >= 15 is 0 Å². The van der Waals surface area contributed by atoms with Gasteiger partial charge in [0, 0.05) is 25.4 Å². The molecule has 2 aromatic rings. The van der Waals surface area contributed by atoms with Crippen molar-refractivity contribution in [3.63, 3.8) is 0 Å². The van der Waals surface area contributed by atoms with Gasteiger partial charge in [-0.3, -0.25) is 9.59 Å². The summed E-state index contributed by atoms with van der Waals surface area (Å²) in [5.41, 5.74) is 0.960. The Morgan fingerprint density at radius 1 is 1.35 bits per heavy atom. The molecule has 1 saturated heterocycles. The second-order valence-electron chi connectivity index (χ2n) is 6.71. The van der Waals surface area contributed by atoms with Crippen molar-refractivity contribution in [1.29, 1.82) is 0 Å². The van der Waals surface area contributed by atoms with E-state index in [0.717, 1.165) is 10.6 Å². The van der Waals surface area contributed by atoms with Crippen molar-refractivity contribution >= 4 is 28.3 Å². The lowest BCUT2D eigenvalue weighted by molar-refractivity contribution is -0.128. The van der Waals surface area contributed by atoms with Crippen LogP contribution < -0.4 is 5.32 Å². The normalized spacial score (nSPS) is 17.2. The molecule has 1 aromatic heterocycles. The van der Waals surface area contributed by atoms with Crippen LogP contribution in [0.15, 0.2) is 24.3 Å². The standard InChI is InChI=1S/C18H21FN4O2S/c1-11(2)17-21-22-18(26-17)20-16(25)13-9-15(24)23(10-13)8-7-12-3-5-14(19)6-4-12/h3-6,11,13H,7-10H2,1-2H3,(H,20,22,25)/t13-/m1/s1. The van der Waals surface area contributed by atoms with Crippen LogP contribution in [0.1, 0.15) is 36.8 Å². The van der Waals surface area contributed by atoms with Gasteiger partial charge < -0.3 is 10.2 Å². The number of hydrogen-bond acceptors (Lipinski definition) is 5. The Balaban J connectivity index is 1.52. The minimum absolute atomic E-state index is 0.0348. The van der Waals surface area contributed by atoms with Crippen molar-refractivity contribution in [3.05, 3.63) is 40.7 Å². The summed E-state index contributed by atoms with van der Waals surface area (Å²) >= 11 is 1.36. The van der Waals surface area contributed by atoms with Crippen molar-refractivity contribution in [2.75, 3.05) is 18.4 Å². The molecule has 138 valence electrons. The van der Waals surface area contributed by atoms with Crippen molar-refractivity contribution < 1.29 is 14.0 Å². The van der Waals surface area contributed by atoms with Gasteiger partial charge in [-0.2, -0.15) is 0 Å². The average Bonchev–Trinajstić information content (AvgIpc) is 3.21. The third kappa shape index (κ3) is 4.43. The molecule has 0 unspecified atom stereocenters. The third-order valence-corrected chi connectivity index (χ3v) is 5.47. The predicted octanol–water partition coefficient (Wildman–Crippen LogP) is 2.83. The highest BCUT2D eigenvalue weighted by molar-refractivity contribution is 7.15. The molecule has 2 heterocycles. The molecule has 1 aromatic carbocycles. The van der Waals surface area contributed by atoms with Crippen LogP contribution in [0, 0.1) is 11.7 Å². The van der Waals surface area contributed by atoms with Crippen LogP contribution in [-0.4, -0.2) is 40.0 Å². The summed E-state index contributed by atoms with van der Waals surface area (Å²) in [7, 11) is 0. The highest BCUT2D eigenvalue weighted by Gasteiger charge is 2.34. The van der Waals surface area contributed by atoms with Crippen LogP contribution in [-0.2, 0) is 16.0 Å². The molecule has 26 heavy (non-hydrogen) atoms. The van der Waals surface area contributed by atoms with Crippen molar-refractivity contribution in [2.45, 2.75) is 32.6 Å². The van der Waals surface area contributed by atoms with E-state index in [-0.39, 0.29) is 35.9 Å². The number of rotatable bonds is 6. The summed E-state index contributed by atoms with van der Waals surface area (Å²) in [4.78, 5) is 26.3. The van der Waals surface area contributed by atoms with Gasteiger partial charge in [0.25, 0.3) is 0 Å². The van der Waals surface area contributed by atoms with Crippen LogP contribution in [0.25, 0.3) is 0 Å². The molecule has 8 heteroatoms. The van der Waals surface area contributed by atoms with Gasteiger partial charge >= 0.3 is 0 Å². The molecule has 0 radical (unpaired) electrons. The third-order valence-electron chi connectivity index (χ3n) is 4.33. The molecule has 1 atom stereocenters. The van der Waals surface area contributed by atoms with Crippen molar-refractivity contribution in [2.24, 2.45) is 5.92 Å². The van der Waals surface area contributed by atoms with E-state index in [1.54, 1.807) is 17.0 Å². The van der Waals surface area contributed by atoms with E-state index in [4.69, 9.17) is 0 Å². The molecular weight excluding hydrogens is 355 g/mol. The molecule has 2 amide bonds. The molecule has 1 fully saturated rings. The van der Waals surface area contributed by atoms with Gasteiger partial charge in [0.05, 0.1) is 5.92 Å². The first-order valence-corrected chi connectivity index (χ1v) is 9.40. The zero-order chi connectivity index (χ0) is 18.7. The number of nitrogens with one attached hydrogen (secondary N) is 1. The van der Waals surface area contributed by atoms with Gasteiger partial charge in [-0.15, -0.1) is 10.2 Å². The van der Waals surface area contributed by atoms with E-state index in [1.165, 1.54) is 23.5 Å². The lowest BCUT2D eigenvalue weighted by Crippen LogP contribution is -2.30. The van der Waals surface area contributed by atoms with Crippen LogP contribution in [0.4, 0.5) is 9.52 Å². The Bertz CT molecular complexity index is 791. The van der Waals surface area contributed by atoms with Crippen LogP contribution in [0.5, 0.6) is 0 Å². The fourth-order valence-electron chi connectivity index (χ4n) is 2.80. The Labute approximate surface area is 155 Å². The SMILES string of the molecule is CC(C)c1nnc(NC(=O)[C@@H]2CC(=O)N(CCc3ccc(F)cc3)C2)s1. The number of carbonyl (C=O) groups excluding carboxylic acids is 2. The first-order valence-electron chi connectivity index (χ1n) is 8.59. The molecule has 0 saturated carbocycles. The predicted molar refractivity (Wildman–Crippen MR) is 97.4 cm³/mol. The molecule has 0 bridgehead atoms. The Hall–Kier alpha value is -2.35. The zero-order valence-electron chi connectivity index (χ0n) is 14.7. The van der Waals surface area contributed by atoms with Crippen LogP contribution in [0.2, 0.25) is 0 Å². The summed E-state index contributed by atoms with van der Waals surface area (Å²) in [6.45, 7) is 4.94. The summed E-state index contributed by atoms with van der Waals surface area (Å²) in [6, 6.07) is 6.24. The number of aromatic nitrogens is 2. The zero-order valence-corrected chi connectivity index (χ0v) is 15.6. The molecule has 3 rings (SSSR count).